The molecule has 1 aliphatic heterocycles. The van der Waals surface area contributed by atoms with Crippen molar-refractivity contribution in [3.63, 3.8) is 0 Å². The third kappa shape index (κ3) is 3.47. The van der Waals surface area contributed by atoms with Crippen molar-refractivity contribution < 1.29 is 4.79 Å². The lowest BCUT2D eigenvalue weighted by molar-refractivity contribution is -0.128. The molecule has 2 N–H and O–H groups in total. The number of carbonyl (C=O) groups is 1. The SMILES string of the molecule is Nc1cncc(-c2cc(N3CCN(C4CC(=O)C4)CC3)ccc2-n2ccnc2)n1. The fourth-order valence-electron chi connectivity index (χ4n) is 4.13. The molecule has 8 nitrogen and oxygen atoms in total. The van der Waals surface area contributed by atoms with Gasteiger partial charge in [-0.3, -0.25) is 14.7 Å². The quantitative estimate of drug-likeness (QED) is 0.727. The van der Waals surface area contributed by atoms with E-state index >= 15 is 0 Å². The zero-order chi connectivity index (χ0) is 19.8. The molecule has 2 aliphatic rings. The van der Waals surface area contributed by atoms with Gasteiger partial charge in [0.05, 0.1) is 30.1 Å². The summed E-state index contributed by atoms with van der Waals surface area (Å²) in [5.41, 5.74) is 9.72. The number of hydrogen-bond donors (Lipinski definition) is 1. The maximum atomic E-state index is 11.3. The molecule has 8 heteroatoms. The van der Waals surface area contributed by atoms with Crippen LogP contribution < -0.4 is 10.6 Å². The van der Waals surface area contributed by atoms with E-state index in [1.54, 1.807) is 24.9 Å². The third-order valence-electron chi connectivity index (χ3n) is 5.81. The number of nitrogen functional groups attached to an aromatic ring is 1. The highest BCUT2D eigenvalue weighted by Crippen LogP contribution is 2.31. The first-order valence-electron chi connectivity index (χ1n) is 9.88. The van der Waals surface area contributed by atoms with Crippen molar-refractivity contribution in [1.82, 2.24) is 24.4 Å². The van der Waals surface area contributed by atoms with Gasteiger partial charge in [-0.05, 0) is 18.2 Å². The van der Waals surface area contributed by atoms with Crippen molar-refractivity contribution in [2.45, 2.75) is 18.9 Å². The molecule has 0 amide bonds. The molecule has 2 fully saturated rings. The van der Waals surface area contributed by atoms with Gasteiger partial charge in [0.15, 0.2) is 0 Å². The summed E-state index contributed by atoms with van der Waals surface area (Å²) in [4.78, 5) is 29.0. The summed E-state index contributed by atoms with van der Waals surface area (Å²) in [5.74, 6) is 0.786. The molecule has 3 aromatic rings. The highest BCUT2D eigenvalue weighted by atomic mass is 16.1. The summed E-state index contributed by atoms with van der Waals surface area (Å²) < 4.78 is 1.97. The molecule has 0 atom stereocenters. The maximum Gasteiger partial charge on any atom is 0.142 e. The van der Waals surface area contributed by atoms with Crippen LogP contribution in [0.15, 0.2) is 49.3 Å². The van der Waals surface area contributed by atoms with E-state index in [2.05, 4.69) is 43.0 Å². The summed E-state index contributed by atoms with van der Waals surface area (Å²) in [7, 11) is 0. The summed E-state index contributed by atoms with van der Waals surface area (Å²) in [6.07, 6.45) is 10.2. The predicted molar refractivity (Wildman–Crippen MR) is 111 cm³/mol. The van der Waals surface area contributed by atoms with Gasteiger partial charge in [0.2, 0.25) is 0 Å². The molecule has 2 aromatic heterocycles. The van der Waals surface area contributed by atoms with Crippen LogP contribution in [0.4, 0.5) is 11.5 Å². The van der Waals surface area contributed by atoms with Gasteiger partial charge < -0.3 is 15.2 Å². The van der Waals surface area contributed by atoms with E-state index in [1.165, 1.54) is 0 Å². The molecule has 0 radical (unpaired) electrons. The molecule has 1 saturated heterocycles. The van der Waals surface area contributed by atoms with E-state index in [4.69, 9.17) is 5.73 Å². The summed E-state index contributed by atoms with van der Waals surface area (Å²) >= 11 is 0. The Morgan fingerprint density at radius 2 is 1.86 bits per heavy atom. The molecule has 1 aliphatic carbocycles. The Bertz CT molecular complexity index is 1020. The minimum atomic E-state index is 0.389. The van der Waals surface area contributed by atoms with Crippen LogP contribution in [0, 0.1) is 0 Å². The second-order valence-corrected chi connectivity index (χ2v) is 7.62. The Kier molecular flexibility index (Phi) is 4.48. The van der Waals surface area contributed by atoms with Crippen LogP contribution in [-0.2, 0) is 4.79 Å². The minimum absolute atomic E-state index is 0.389. The minimum Gasteiger partial charge on any atom is -0.382 e. The Labute approximate surface area is 169 Å². The number of imidazole rings is 1. The Morgan fingerprint density at radius 1 is 1.03 bits per heavy atom. The second kappa shape index (κ2) is 7.29. The first-order valence-corrected chi connectivity index (χ1v) is 9.88. The van der Waals surface area contributed by atoms with Gasteiger partial charge >= 0.3 is 0 Å². The van der Waals surface area contributed by atoms with Crippen LogP contribution >= 0.6 is 0 Å². The van der Waals surface area contributed by atoms with Gasteiger partial charge in [-0.25, -0.2) is 9.97 Å². The van der Waals surface area contributed by atoms with Crippen LogP contribution in [-0.4, -0.2) is 62.4 Å². The highest BCUT2D eigenvalue weighted by Gasteiger charge is 2.33. The largest absolute Gasteiger partial charge is 0.382 e. The van der Waals surface area contributed by atoms with Crippen molar-refractivity contribution in [3.8, 4) is 16.9 Å². The molecule has 1 aromatic carbocycles. The van der Waals surface area contributed by atoms with Crippen LogP contribution in [0.5, 0.6) is 0 Å². The molecule has 29 heavy (non-hydrogen) atoms. The lowest BCUT2D eigenvalue weighted by Gasteiger charge is -2.43. The molecule has 0 unspecified atom stereocenters. The number of nitrogens with two attached hydrogens (primary N) is 1. The van der Waals surface area contributed by atoms with Gasteiger partial charge in [-0.2, -0.15) is 0 Å². The van der Waals surface area contributed by atoms with E-state index in [0.717, 1.165) is 61.7 Å². The van der Waals surface area contributed by atoms with Crippen molar-refractivity contribution in [3.05, 3.63) is 49.3 Å². The van der Waals surface area contributed by atoms with Gasteiger partial charge in [-0.1, -0.05) is 0 Å². The third-order valence-corrected chi connectivity index (χ3v) is 5.81. The average molecular weight is 389 g/mol. The normalized spacial score (nSPS) is 18.1. The van der Waals surface area contributed by atoms with Crippen molar-refractivity contribution in [1.29, 1.82) is 0 Å². The molecule has 148 valence electrons. The molecule has 1 saturated carbocycles. The summed E-state index contributed by atoms with van der Waals surface area (Å²) in [6, 6.07) is 6.84. The number of rotatable bonds is 4. The lowest BCUT2D eigenvalue weighted by Crippen LogP contribution is -2.54. The van der Waals surface area contributed by atoms with Crippen LogP contribution in [0.1, 0.15) is 12.8 Å². The number of benzene rings is 1. The van der Waals surface area contributed by atoms with E-state index in [-0.39, 0.29) is 0 Å². The molecular weight excluding hydrogens is 366 g/mol. The molecule has 3 heterocycles. The topological polar surface area (TPSA) is 93.2 Å². The van der Waals surface area contributed by atoms with Crippen LogP contribution in [0.2, 0.25) is 0 Å². The Morgan fingerprint density at radius 3 is 2.55 bits per heavy atom. The highest BCUT2D eigenvalue weighted by molar-refractivity contribution is 5.85. The number of aromatic nitrogens is 4. The number of anilines is 2. The van der Waals surface area contributed by atoms with E-state index < -0.39 is 0 Å². The van der Waals surface area contributed by atoms with Gasteiger partial charge in [0, 0.05) is 68.7 Å². The number of piperazine rings is 1. The predicted octanol–water partition coefficient (Wildman–Crippen LogP) is 1.76. The number of nitrogens with zero attached hydrogens (tertiary/aromatic N) is 6. The first kappa shape index (κ1) is 17.8. The van der Waals surface area contributed by atoms with Crippen molar-refractivity contribution in [2.75, 3.05) is 36.8 Å². The number of ketones is 1. The number of hydrogen-bond acceptors (Lipinski definition) is 7. The van der Waals surface area contributed by atoms with Gasteiger partial charge in [0.25, 0.3) is 0 Å². The van der Waals surface area contributed by atoms with E-state index in [9.17, 15) is 4.79 Å². The van der Waals surface area contributed by atoms with Gasteiger partial charge in [0.1, 0.15) is 11.6 Å². The van der Waals surface area contributed by atoms with Crippen molar-refractivity contribution >= 4 is 17.3 Å². The van der Waals surface area contributed by atoms with Crippen LogP contribution in [0.3, 0.4) is 0 Å². The average Bonchev–Trinajstić information content (AvgIpc) is 3.26. The zero-order valence-electron chi connectivity index (χ0n) is 16.1. The van der Waals surface area contributed by atoms with E-state index in [1.807, 2.05) is 10.8 Å². The summed E-state index contributed by atoms with van der Waals surface area (Å²) in [6.45, 7) is 3.84. The lowest BCUT2D eigenvalue weighted by atomic mass is 9.89. The molecule has 0 spiro atoms. The van der Waals surface area contributed by atoms with E-state index in [0.29, 0.717) is 17.6 Å². The fourth-order valence-corrected chi connectivity index (χ4v) is 4.13. The fraction of sp³-hybridized carbons (Fsp3) is 0.333. The Balaban J connectivity index is 1.43. The molecule has 0 bridgehead atoms. The number of Topliss-reactive ketones (excluding diaryl/α,β-unsaturated/α-hetero) is 1. The molecule has 5 rings (SSSR count). The smallest absolute Gasteiger partial charge is 0.142 e. The molecular formula is C21H23N7O. The number of carbonyl (C=O) groups excluding carboxylic acids is 1. The monoisotopic (exact) mass is 389 g/mol. The van der Waals surface area contributed by atoms with Crippen LogP contribution in [0.25, 0.3) is 16.9 Å². The maximum absolute atomic E-state index is 11.3. The van der Waals surface area contributed by atoms with Gasteiger partial charge in [-0.15, -0.1) is 0 Å². The second-order valence-electron chi connectivity index (χ2n) is 7.62. The summed E-state index contributed by atoms with van der Waals surface area (Å²) in [5, 5.41) is 0. The zero-order valence-corrected chi connectivity index (χ0v) is 16.1. The standard InChI is InChI=1S/C21H23N7O/c22-21-13-24-12-19(25-21)18-11-15(1-2-20(18)28-4-3-23-14-28)26-5-7-27(8-6-26)16-9-17(29)10-16/h1-4,11-14,16H,5-10H2,(H2,22,25). The van der Waals surface area contributed by atoms with Crippen molar-refractivity contribution in [2.24, 2.45) is 0 Å². The first-order chi connectivity index (χ1) is 14.2. The Hall–Kier alpha value is -3.26.